The van der Waals surface area contributed by atoms with E-state index < -0.39 is 0 Å². The van der Waals surface area contributed by atoms with Gasteiger partial charge in [0.05, 0.1) is 6.10 Å². The second-order valence-corrected chi connectivity index (χ2v) is 6.68. The maximum Gasteiger partial charge on any atom is 0.0802 e. The van der Waals surface area contributed by atoms with Gasteiger partial charge < -0.3 is 14.9 Å². The molecule has 0 saturated carbocycles. The van der Waals surface area contributed by atoms with E-state index >= 15 is 0 Å². The minimum atomic E-state index is -0.359. The Labute approximate surface area is 145 Å². The fourth-order valence-corrected chi connectivity index (χ4v) is 3.50. The highest BCUT2D eigenvalue weighted by atomic mass is 16.3. The molecule has 2 aromatic carbocycles. The van der Waals surface area contributed by atoms with Crippen molar-refractivity contribution in [1.82, 2.24) is 4.90 Å². The number of para-hydroxylation sites is 1. The number of hydrogen-bond donors (Lipinski definition) is 1. The SMILES string of the molecule is Cc1ccccc1N1CCCN(CC[C@@H](O)c2ccccc2)CC1. The van der Waals surface area contributed by atoms with E-state index in [0.29, 0.717) is 0 Å². The molecule has 1 heterocycles. The predicted octanol–water partition coefficient (Wildman–Crippen LogP) is 3.63. The first-order valence-corrected chi connectivity index (χ1v) is 9.00. The molecule has 0 bridgehead atoms. The number of aliphatic hydroxyl groups excluding tert-OH is 1. The quantitative estimate of drug-likeness (QED) is 0.910. The van der Waals surface area contributed by atoms with Gasteiger partial charge in [-0.05, 0) is 43.5 Å². The van der Waals surface area contributed by atoms with Gasteiger partial charge in [-0.15, -0.1) is 0 Å². The first-order chi connectivity index (χ1) is 11.7. The number of hydrogen-bond acceptors (Lipinski definition) is 3. The minimum absolute atomic E-state index is 0.359. The van der Waals surface area contributed by atoms with Gasteiger partial charge in [0.2, 0.25) is 0 Å². The maximum atomic E-state index is 10.4. The van der Waals surface area contributed by atoms with Crippen molar-refractivity contribution in [2.24, 2.45) is 0 Å². The summed E-state index contributed by atoms with van der Waals surface area (Å²) < 4.78 is 0. The van der Waals surface area contributed by atoms with E-state index in [0.717, 1.165) is 44.7 Å². The number of rotatable bonds is 5. The fraction of sp³-hybridized carbons (Fsp3) is 0.429. The van der Waals surface area contributed by atoms with Gasteiger partial charge in [-0.3, -0.25) is 0 Å². The Balaban J connectivity index is 1.52. The van der Waals surface area contributed by atoms with Crippen molar-refractivity contribution in [3.05, 3.63) is 65.7 Å². The van der Waals surface area contributed by atoms with Crippen molar-refractivity contribution in [3.8, 4) is 0 Å². The Hall–Kier alpha value is -1.84. The highest BCUT2D eigenvalue weighted by Crippen LogP contribution is 2.22. The van der Waals surface area contributed by atoms with Gasteiger partial charge in [0.15, 0.2) is 0 Å². The van der Waals surface area contributed by atoms with E-state index in [1.807, 2.05) is 30.3 Å². The second-order valence-electron chi connectivity index (χ2n) is 6.68. The predicted molar refractivity (Wildman–Crippen MR) is 100 cm³/mol. The van der Waals surface area contributed by atoms with Crippen LogP contribution in [0.3, 0.4) is 0 Å². The van der Waals surface area contributed by atoms with Crippen LogP contribution in [0.15, 0.2) is 54.6 Å². The van der Waals surface area contributed by atoms with Crippen LogP contribution in [0.4, 0.5) is 5.69 Å². The lowest BCUT2D eigenvalue weighted by atomic mass is 10.1. The summed E-state index contributed by atoms with van der Waals surface area (Å²) in [6.45, 7) is 7.50. The monoisotopic (exact) mass is 324 g/mol. The van der Waals surface area contributed by atoms with Crippen molar-refractivity contribution < 1.29 is 5.11 Å². The Morgan fingerprint density at radius 1 is 0.917 bits per heavy atom. The van der Waals surface area contributed by atoms with Crippen LogP contribution in [0.1, 0.15) is 30.1 Å². The van der Waals surface area contributed by atoms with Gasteiger partial charge in [-0.1, -0.05) is 48.5 Å². The number of aliphatic hydroxyl groups is 1. The van der Waals surface area contributed by atoms with Gasteiger partial charge in [0.1, 0.15) is 0 Å². The third-order valence-electron chi connectivity index (χ3n) is 4.95. The minimum Gasteiger partial charge on any atom is -0.388 e. The summed E-state index contributed by atoms with van der Waals surface area (Å²) >= 11 is 0. The maximum absolute atomic E-state index is 10.4. The van der Waals surface area contributed by atoms with Crippen molar-refractivity contribution in [1.29, 1.82) is 0 Å². The molecule has 128 valence electrons. The van der Waals surface area contributed by atoms with E-state index in [-0.39, 0.29) is 6.10 Å². The fourth-order valence-electron chi connectivity index (χ4n) is 3.50. The standard InChI is InChI=1S/C21H28N2O/c1-18-8-5-6-11-20(18)23-14-7-13-22(16-17-23)15-12-21(24)19-9-3-2-4-10-19/h2-6,8-11,21,24H,7,12-17H2,1H3/t21-/m1/s1. The molecule has 0 radical (unpaired) electrons. The van der Waals surface area contributed by atoms with Crippen LogP contribution in [0, 0.1) is 6.92 Å². The van der Waals surface area contributed by atoms with Gasteiger partial charge in [-0.25, -0.2) is 0 Å². The lowest BCUT2D eigenvalue weighted by molar-refractivity contribution is 0.144. The van der Waals surface area contributed by atoms with E-state index in [2.05, 4.69) is 41.0 Å². The third-order valence-corrected chi connectivity index (χ3v) is 4.95. The molecular weight excluding hydrogens is 296 g/mol. The summed E-state index contributed by atoms with van der Waals surface area (Å²) in [4.78, 5) is 4.99. The normalized spacial score (nSPS) is 17.5. The Morgan fingerprint density at radius 3 is 2.46 bits per heavy atom. The summed E-state index contributed by atoms with van der Waals surface area (Å²) in [6.07, 6.45) is 1.62. The van der Waals surface area contributed by atoms with E-state index in [1.54, 1.807) is 0 Å². The highest BCUT2D eigenvalue weighted by Gasteiger charge is 2.17. The third kappa shape index (κ3) is 4.37. The molecule has 1 aliphatic heterocycles. The highest BCUT2D eigenvalue weighted by molar-refractivity contribution is 5.53. The van der Waals surface area contributed by atoms with Crippen molar-refractivity contribution in [2.45, 2.75) is 25.9 Å². The Bertz CT molecular complexity index is 629. The molecule has 1 saturated heterocycles. The zero-order chi connectivity index (χ0) is 16.8. The number of aryl methyl sites for hydroxylation is 1. The van der Waals surface area contributed by atoms with Crippen LogP contribution in [-0.4, -0.2) is 42.7 Å². The summed E-state index contributed by atoms with van der Waals surface area (Å²) in [5.41, 5.74) is 3.74. The topological polar surface area (TPSA) is 26.7 Å². The molecule has 0 aromatic heterocycles. The first-order valence-electron chi connectivity index (χ1n) is 9.00. The van der Waals surface area contributed by atoms with Crippen LogP contribution in [0.25, 0.3) is 0 Å². The molecule has 3 nitrogen and oxygen atoms in total. The van der Waals surface area contributed by atoms with Crippen molar-refractivity contribution in [2.75, 3.05) is 37.6 Å². The number of anilines is 1. The van der Waals surface area contributed by atoms with Crippen LogP contribution in [-0.2, 0) is 0 Å². The van der Waals surface area contributed by atoms with Crippen LogP contribution < -0.4 is 4.90 Å². The van der Waals surface area contributed by atoms with Gasteiger partial charge in [0, 0.05) is 31.9 Å². The van der Waals surface area contributed by atoms with Crippen LogP contribution >= 0.6 is 0 Å². The summed E-state index contributed by atoms with van der Waals surface area (Å²) in [5, 5.41) is 10.4. The molecule has 1 aliphatic rings. The average molecular weight is 324 g/mol. The van der Waals surface area contributed by atoms with E-state index in [9.17, 15) is 5.11 Å². The number of nitrogens with zero attached hydrogens (tertiary/aromatic N) is 2. The molecule has 1 atom stereocenters. The molecule has 0 unspecified atom stereocenters. The van der Waals surface area contributed by atoms with E-state index in [4.69, 9.17) is 0 Å². The van der Waals surface area contributed by atoms with Crippen LogP contribution in [0.2, 0.25) is 0 Å². The Kier molecular flexibility index (Phi) is 5.89. The molecule has 0 aliphatic carbocycles. The van der Waals surface area contributed by atoms with Crippen molar-refractivity contribution >= 4 is 5.69 Å². The first kappa shape index (κ1) is 17.0. The average Bonchev–Trinajstić information content (AvgIpc) is 2.86. The Morgan fingerprint density at radius 2 is 1.67 bits per heavy atom. The molecule has 0 spiro atoms. The molecule has 3 rings (SSSR count). The van der Waals surface area contributed by atoms with Gasteiger partial charge >= 0.3 is 0 Å². The largest absolute Gasteiger partial charge is 0.388 e. The molecule has 1 fully saturated rings. The molecule has 0 amide bonds. The number of benzene rings is 2. The summed E-state index contributed by atoms with van der Waals surface area (Å²) in [7, 11) is 0. The van der Waals surface area contributed by atoms with E-state index in [1.165, 1.54) is 17.7 Å². The molecule has 1 N–H and O–H groups in total. The molecule has 24 heavy (non-hydrogen) atoms. The second kappa shape index (κ2) is 8.32. The zero-order valence-electron chi connectivity index (χ0n) is 14.6. The molecular formula is C21H28N2O. The summed E-state index contributed by atoms with van der Waals surface area (Å²) in [5.74, 6) is 0. The van der Waals surface area contributed by atoms with Gasteiger partial charge in [0.25, 0.3) is 0 Å². The molecule has 2 aromatic rings. The van der Waals surface area contributed by atoms with Crippen molar-refractivity contribution in [3.63, 3.8) is 0 Å². The lowest BCUT2D eigenvalue weighted by Gasteiger charge is -2.25. The van der Waals surface area contributed by atoms with Crippen LogP contribution in [0.5, 0.6) is 0 Å². The lowest BCUT2D eigenvalue weighted by Crippen LogP contribution is -2.32. The molecule has 3 heteroatoms. The summed E-state index contributed by atoms with van der Waals surface area (Å²) in [6, 6.07) is 18.6. The van der Waals surface area contributed by atoms with Gasteiger partial charge in [-0.2, -0.15) is 0 Å². The zero-order valence-corrected chi connectivity index (χ0v) is 14.6. The smallest absolute Gasteiger partial charge is 0.0802 e.